The maximum absolute atomic E-state index is 5.90. The summed E-state index contributed by atoms with van der Waals surface area (Å²) in [5.41, 5.74) is 10.9. The third-order valence-electron chi connectivity index (χ3n) is 3.58. The Hall–Kier alpha value is -2.69. The van der Waals surface area contributed by atoms with Crippen LogP contribution in [0.3, 0.4) is 0 Å². The summed E-state index contributed by atoms with van der Waals surface area (Å²) in [6, 6.07) is 6.38. The first kappa shape index (κ1) is 11.2. The van der Waals surface area contributed by atoms with Crippen molar-refractivity contribution in [1.29, 1.82) is 0 Å². The normalized spacial score (nSPS) is 13.1. The van der Waals surface area contributed by atoms with E-state index in [-0.39, 0.29) is 0 Å². The highest BCUT2D eigenvalue weighted by atomic mass is 15.1. The summed E-state index contributed by atoms with van der Waals surface area (Å²) in [6.45, 7) is 1.83. The molecule has 0 bridgehead atoms. The van der Waals surface area contributed by atoms with Crippen molar-refractivity contribution in [2.24, 2.45) is 0 Å². The maximum atomic E-state index is 5.90. The monoisotopic (exact) mass is 263 g/mol. The average Bonchev–Trinajstić information content (AvgIpc) is 3.03. The van der Waals surface area contributed by atoms with E-state index in [0.717, 1.165) is 17.8 Å². The average molecular weight is 263 g/mol. The number of aromatic nitrogens is 4. The Morgan fingerprint density at radius 1 is 1.25 bits per heavy atom. The highest BCUT2D eigenvalue weighted by Crippen LogP contribution is 2.25. The molecule has 2 N–H and O–H groups in total. The van der Waals surface area contributed by atoms with Crippen LogP contribution >= 0.6 is 0 Å². The maximum Gasteiger partial charge on any atom is 0.170 e. The minimum Gasteiger partial charge on any atom is -0.382 e. The molecule has 0 atom stereocenters. The van der Waals surface area contributed by atoms with Gasteiger partial charge in [-0.3, -0.25) is 4.57 Å². The van der Waals surface area contributed by atoms with Gasteiger partial charge < -0.3 is 5.73 Å². The number of allylic oxidation sites excluding steroid dienone is 1. The van der Waals surface area contributed by atoms with Crippen LogP contribution < -0.4 is 5.73 Å². The van der Waals surface area contributed by atoms with Gasteiger partial charge in [-0.15, -0.1) is 0 Å². The van der Waals surface area contributed by atoms with Gasteiger partial charge in [-0.1, -0.05) is 18.2 Å². The Kier molecular flexibility index (Phi) is 2.18. The lowest BCUT2D eigenvalue weighted by molar-refractivity contribution is 1.03. The van der Waals surface area contributed by atoms with Crippen LogP contribution in [-0.2, 0) is 6.42 Å². The summed E-state index contributed by atoms with van der Waals surface area (Å²) in [7, 11) is 0. The number of nitrogens with two attached hydrogens (primary N) is 1. The zero-order chi connectivity index (χ0) is 13.7. The van der Waals surface area contributed by atoms with Crippen molar-refractivity contribution in [3.63, 3.8) is 0 Å². The van der Waals surface area contributed by atoms with Crippen molar-refractivity contribution >= 4 is 23.1 Å². The van der Waals surface area contributed by atoms with E-state index in [9.17, 15) is 0 Å². The number of fused-ring (bicyclic) bond motifs is 2. The standard InChI is InChI=1S/C15H13N5/c1-9-18-14(16)13-15(19-9)20(8-17-13)12-6-5-10-3-2-4-11(10)7-12/h2,4-8H,3H2,1H3,(H2,16,18,19). The predicted molar refractivity (Wildman–Crippen MR) is 78.5 cm³/mol. The molecule has 20 heavy (non-hydrogen) atoms. The molecule has 98 valence electrons. The lowest BCUT2D eigenvalue weighted by Gasteiger charge is -2.07. The molecule has 2 heterocycles. The SMILES string of the molecule is Cc1nc(N)c2ncn(-c3ccc4c(c3)C=CC4)c2n1. The first-order chi connectivity index (χ1) is 9.72. The van der Waals surface area contributed by atoms with Crippen molar-refractivity contribution in [3.05, 3.63) is 47.6 Å². The van der Waals surface area contributed by atoms with Crippen LogP contribution in [0.15, 0.2) is 30.6 Å². The lowest BCUT2D eigenvalue weighted by Crippen LogP contribution is -2.00. The molecule has 0 aliphatic heterocycles. The van der Waals surface area contributed by atoms with E-state index in [1.807, 2.05) is 11.5 Å². The van der Waals surface area contributed by atoms with Crippen LogP contribution in [0, 0.1) is 6.92 Å². The zero-order valence-corrected chi connectivity index (χ0v) is 11.0. The Balaban J connectivity index is 1.96. The van der Waals surface area contributed by atoms with Crippen LogP contribution in [-0.4, -0.2) is 19.5 Å². The predicted octanol–water partition coefficient (Wildman–Crippen LogP) is 2.28. The summed E-state index contributed by atoms with van der Waals surface area (Å²) in [5.74, 6) is 1.07. The van der Waals surface area contributed by atoms with Gasteiger partial charge in [0, 0.05) is 5.69 Å². The molecule has 4 rings (SSSR count). The van der Waals surface area contributed by atoms with E-state index in [1.165, 1.54) is 11.1 Å². The van der Waals surface area contributed by atoms with Gasteiger partial charge in [0.05, 0.1) is 0 Å². The second-order valence-electron chi connectivity index (χ2n) is 4.93. The number of hydrogen-bond donors (Lipinski definition) is 1. The van der Waals surface area contributed by atoms with Gasteiger partial charge in [0.15, 0.2) is 17.0 Å². The van der Waals surface area contributed by atoms with Crippen molar-refractivity contribution in [1.82, 2.24) is 19.5 Å². The smallest absolute Gasteiger partial charge is 0.170 e. The fraction of sp³-hybridized carbons (Fsp3) is 0.133. The Morgan fingerprint density at radius 3 is 3.05 bits per heavy atom. The van der Waals surface area contributed by atoms with Crippen LogP contribution in [0.5, 0.6) is 0 Å². The molecule has 1 aromatic carbocycles. The number of imidazole rings is 1. The van der Waals surface area contributed by atoms with Crippen molar-refractivity contribution in [2.45, 2.75) is 13.3 Å². The van der Waals surface area contributed by atoms with Crippen LogP contribution in [0.25, 0.3) is 22.9 Å². The molecule has 1 aliphatic rings. The van der Waals surface area contributed by atoms with Crippen molar-refractivity contribution < 1.29 is 0 Å². The third-order valence-corrected chi connectivity index (χ3v) is 3.58. The van der Waals surface area contributed by atoms with Crippen LogP contribution in [0.4, 0.5) is 5.82 Å². The molecule has 0 amide bonds. The largest absolute Gasteiger partial charge is 0.382 e. The number of anilines is 1. The van der Waals surface area contributed by atoms with Gasteiger partial charge in [-0.25, -0.2) is 15.0 Å². The Morgan fingerprint density at radius 2 is 2.15 bits per heavy atom. The van der Waals surface area contributed by atoms with E-state index in [4.69, 9.17) is 5.73 Å². The second kappa shape index (κ2) is 3.90. The van der Waals surface area contributed by atoms with Gasteiger partial charge in [0.1, 0.15) is 12.2 Å². The van der Waals surface area contributed by atoms with E-state index >= 15 is 0 Å². The summed E-state index contributed by atoms with van der Waals surface area (Å²) in [6.07, 6.45) is 7.07. The molecule has 3 aromatic rings. The molecule has 0 spiro atoms. The Bertz CT molecular complexity index is 860. The number of rotatable bonds is 1. The molecular weight excluding hydrogens is 250 g/mol. The first-order valence-corrected chi connectivity index (χ1v) is 6.49. The molecule has 0 radical (unpaired) electrons. The fourth-order valence-electron chi connectivity index (χ4n) is 2.61. The van der Waals surface area contributed by atoms with Crippen LogP contribution in [0.1, 0.15) is 17.0 Å². The minimum absolute atomic E-state index is 0.423. The highest BCUT2D eigenvalue weighted by Gasteiger charge is 2.12. The number of aryl methyl sites for hydroxylation is 1. The summed E-state index contributed by atoms with van der Waals surface area (Å²) < 4.78 is 1.95. The van der Waals surface area contributed by atoms with Gasteiger partial charge in [0.2, 0.25) is 0 Å². The number of nitrogens with zero attached hydrogens (tertiary/aromatic N) is 4. The van der Waals surface area contributed by atoms with E-state index in [1.54, 1.807) is 6.33 Å². The highest BCUT2D eigenvalue weighted by molar-refractivity contribution is 5.83. The summed E-state index contributed by atoms with van der Waals surface area (Å²) >= 11 is 0. The number of hydrogen-bond acceptors (Lipinski definition) is 4. The Labute approximate surface area is 115 Å². The molecule has 5 heteroatoms. The van der Waals surface area contributed by atoms with Crippen LogP contribution in [0.2, 0.25) is 0 Å². The number of nitrogen functional groups attached to an aromatic ring is 1. The van der Waals surface area contributed by atoms with E-state index in [0.29, 0.717) is 17.2 Å². The molecule has 0 saturated carbocycles. The second-order valence-corrected chi connectivity index (χ2v) is 4.93. The first-order valence-electron chi connectivity index (χ1n) is 6.49. The van der Waals surface area contributed by atoms with Gasteiger partial charge >= 0.3 is 0 Å². The molecule has 0 saturated heterocycles. The lowest BCUT2D eigenvalue weighted by atomic mass is 10.1. The molecular formula is C15H13N5. The van der Waals surface area contributed by atoms with Gasteiger partial charge in [-0.2, -0.15) is 0 Å². The van der Waals surface area contributed by atoms with Gasteiger partial charge in [-0.05, 0) is 36.6 Å². The summed E-state index contributed by atoms with van der Waals surface area (Å²) in [5, 5.41) is 0. The van der Waals surface area contributed by atoms with E-state index < -0.39 is 0 Å². The molecule has 5 nitrogen and oxygen atoms in total. The summed E-state index contributed by atoms with van der Waals surface area (Å²) in [4.78, 5) is 12.9. The quantitative estimate of drug-likeness (QED) is 0.731. The van der Waals surface area contributed by atoms with Crippen molar-refractivity contribution in [2.75, 3.05) is 5.73 Å². The topological polar surface area (TPSA) is 69.6 Å². The van der Waals surface area contributed by atoms with E-state index in [2.05, 4.69) is 45.3 Å². The zero-order valence-electron chi connectivity index (χ0n) is 11.0. The minimum atomic E-state index is 0.423. The number of benzene rings is 1. The molecule has 2 aromatic heterocycles. The molecule has 1 aliphatic carbocycles. The molecule has 0 unspecified atom stereocenters. The van der Waals surface area contributed by atoms with Crippen molar-refractivity contribution in [3.8, 4) is 5.69 Å². The van der Waals surface area contributed by atoms with Gasteiger partial charge in [0.25, 0.3) is 0 Å². The molecule has 0 fully saturated rings. The fourth-order valence-corrected chi connectivity index (χ4v) is 2.61. The third kappa shape index (κ3) is 1.53.